The molecule has 2 fully saturated rings. The lowest BCUT2D eigenvalue weighted by atomic mass is 10.00. The normalized spacial score (nSPS) is 36.6. The molecule has 1 N–H and O–H groups in total. The van der Waals surface area contributed by atoms with E-state index in [2.05, 4.69) is 0 Å². The Hall–Kier alpha value is -0.710. The predicted molar refractivity (Wildman–Crippen MR) is 44.9 cm³/mol. The number of nitrogens with zero attached hydrogens (tertiary/aromatic N) is 1. The number of hydrogen-bond donors (Lipinski definition) is 1. The van der Waals surface area contributed by atoms with Gasteiger partial charge >= 0.3 is 6.43 Å². The van der Waals surface area contributed by atoms with Crippen molar-refractivity contribution >= 4 is 5.91 Å². The SMILES string of the molecule is O=C(C(F)F)N1C2CCC1CC(O)C2. The van der Waals surface area contributed by atoms with Crippen LogP contribution in [0.2, 0.25) is 0 Å². The van der Waals surface area contributed by atoms with Crippen molar-refractivity contribution in [1.29, 1.82) is 0 Å². The first-order valence-electron chi connectivity index (χ1n) is 4.88. The van der Waals surface area contributed by atoms with E-state index in [0.717, 1.165) is 12.8 Å². The molecule has 2 unspecified atom stereocenters. The zero-order valence-corrected chi connectivity index (χ0v) is 7.70. The summed E-state index contributed by atoms with van der Waals surface area (Å²) in [7, 11) is 0. The third-order valence-electron chi connectivity index (χ3n) is 3.15. The molecule has 80 valence electrons. The second kappa shape index (κ2) is 3.46. The van der Waals surface area contributed by atoms with Gasteiger partial charge in [0.2, 0.25) is 0 Å². The third kappa shape index (κ3) is 1.49. The highest BCUT2D eigenvalue weighted by molar-refractivity contribution is 5.80. The van der Waals surface area contributed by atoms with Crippen LogP contribution in [0.4, 0.5) is 8.78 Å². The number of aliphatic hydroxyl groups is 1. The lowest BCUT2D eigenvalue weighted by molar-refractivity contribution is -0.149. The first-order chi connectivity index (χ1) is 6.59. The van der Waals surface area contributed by atoms with Gasteiger partial charge in [0.25, 0.3) is 5.91 Å². The molecular formula is C9H13F2NO2. The number of amides is 1. The Kier molecular flexibility index (Phi) is 2.43. The fraction of sp³-hybridized carbons (Fsp3) is 0.889. The highest BCUT2D eigenvalue weighted by Gasteiger charge is 2.44. The lowest BCUT2D eigenvalue weighted by Crippen LogP contribution is -2.50. The largest absolute Gasteiger partial charge is 0.393 e. The van der Waals surface area contributed by atoms with Crippen LogP contribution in [0.1, 0.15) is 25.7 Å². The molecule has 0 aromatic carbocycles. The molecule has 2 atom stereocenters. The molecule has 14 heavy (non-hydrogen) atoms. The van der Waals surface area contributed by atoms with E-state index in [4.69, 9.17) is 0 Å². The van der Waals surface area contributed by atoms with Gasteiger partial charge in [0.15, 0.2) is 0 Å². The quantitative estimate of drug-likeness (QED) is 0.686. The van der Waals surface area contributed by atoms with E-state index in [1.165, 1.54) is 4.90 Å². The van der Waals surface area contributed by atoms with E-state index >= 15 is 0 Å². The minimum absolute atomic E-state index is 0.162. The molecule has 2 heterocycles. The van der Waals surface area contributed by atoms with Crippen LogP contribution in [0.3, 0.4) is 0 Å². The maximum absolute atomic E-state index is 12.2. The van der Waals surface area contributed by atoms with Crippen LogP contribution in [0, 0.1) is 0 Å². The number of alkyl halides is 2. The van der Waals surface area contributed by atoms with Crippen molar-refractivity contribution in [3.63, 3.8) is 0 Å². The molecule has 2 aliphatic rings. The van der Waals surface area contributed by atoms with Crippen LogP contribution in [-0.4, -0.2) is 40.5 Å². The van der Waals surface area contributed by atoms with Crippen LogP contribution in [0.15, 0.2) is 0 Å². The molecule has 2 rings (SSSR count). The molecule has 5 heteroatoms. The average molecular weight is 205 g/mol. The second-order valence-electron chi connectivity index (χ2n) is 4.06. The van der Waals surface area contributed by atoms with E-state index in [0.29, 0.717) is 12.8 Å². The summed E-state index contributed by atoms with van der Waals surface area (Å²) in [6, 6.07) is -0.324. The number of carbonyl (C=O) groups excluding carboxylic acids is 1. The highest BCUT2D eigenvalue weighted by Crippen LogP contribution is 2.36. The zero-order chi connectivity index (χ0) is 10.3. The first-order valence-corrected chi connectivity index (χ1v) is 4.88. The summed E-state index contributed by atoms with van der Waals surface area (Å²) in [5, 5.41) is 9.40. The van der Waals surface area contributed by atoms with Crippen molar-refractivity contribution < 1.29 is 18.7 Å². The molecule has 0 aromatic rings. The molecule has 2 bridgehead atoms. The summed E-state index contributed by atoms with van der Waals surface area (Å²) >= 11 is 0. The lowest BCUT2D eigenvalue weighted by Gasteiger charge is -2.36. The zero-order valence-electron chi connectivity index (χ0n) is 7.70. The Morgan fingerprint density at radius 1 is 1.29 bits per heavy atom. The molecule has 0 saturated carbocycles. The van der Waals surface area contributed by atoms with E-state index < -0.39 is 18.4 Å². The van der Waals surface area contributed by atoms with E-state index in [1.807, 2.05) is 0 Å². The summed E-state index contributed by atoms with van der Waals surface area (Å²) in [6.07, 6.45) is -0.924. The van der Waals surface area contributed by atoms with Crippen molar-refractivity contribution in [2.24, 2.45) is 0 Å². The summed E-state index contributed by atoms with van der Waals surface area (Å²) in [5.41, 5.74) is 0. The number of rotatable bonds is 1. The van der Waals surface area contributed by atoms with Gasteiger partial charge in [0.1, 0.15) is 0 Å². The monoisotopic (exact) mass is 205 g/mol. The fourth-order valence-corrected chi connectivity index (χ4v) is 2.62. The van der Waals surface area contributed by atoms with Crippen LogP contribution in [-0.2, 0) is 4.79 Å². The Bertz CT molecular complexity index is 233. The first kappa shape index (κ1) is 9.83. The Morgan fingerprint density at radius 3 is 2.21 bits per heavy atom. The molecule has 2 aliphatic heterocycles. The maximum Gasteiger partial charge on any atom is 0.315 e. The van der Waals surface area contributed by atoms with Crippen LogP contribution in [0.5, 0.6) is 0 Å². The highest BCUT2D eigenvalue weighted by atomic mass is 19.3. The van der Waals surface area contributed by atoms with E-state index in [1.54, 1.807) is 0 Å². The van der Waals surface area contributed by atoms with Crippen molar-refractivity contribution in [2.75, 3.05) is 0 Å². The molecule has 0 spiro atoms. The Morgan fingerprint density at radius 2 is 1.79 bits per heavy atom. The van der Waals surface area contributed by atoms with Crippen LogP contribution >= 0.6 is 0 Å². The molecular weight excluding hydrogens is 192 g/mol. The minimum Gasteiger partial charge on any atom is -0.393 e. The third-order valence-corrected chi connectivity index (χ3v) is 3.15. The van der Waals surface area contributed by atoms with Crippen molar-refractivity contribution in [2.45, 2.75) is 50.3 Å². The second-order valence-corrected chi connectivity index (χ2v) is 4.06. The Balaban J connectivity index is 2.11. The van der Waals surface area contributed by atoms with E-state index in [-0.39, 0.29) is 12.1 Å². The van der Waals surface area contributed by atoms with Gasteiger partial charge in [-0.05, 0) is 25.7 Å². The van der Waals surface area contributed by atoms with Gasteiger partial charge in [-0.15, -0.1) is 0 Å². The summed E-state index contributed by atoms with van der Waals surface area (Å²) in [4.78, 5) is 12.4. The number of piperidine rings is 1. The molecule has 0 aliphatic carbocycles. The maximum atomic E-state index is 12.2. The molecule has 0 aromatic heterocycles. The Labute approximate surface area is 80.7 Å². The minimum atomic E-state index is -2.91. The van der Waals surface area contributed by atoms with Gasteiger partial charge in [-0.25, -0.2) is 0 Å². The summed E-state index contributed by atoms with van der Waals surface area (Å²) in [6.45, 7) is 0. The standard InChI is InChI=1S/C9H13F2NO2/c10-8(11)9(14)12-5-1-2-6(12)4-7(13)3-5/h5-8,13H,1-4H2. The summed E-state index contributed by atoms with van der Waals surface area (Å²) in [5.74, 6) is -1.07. The van der Waals surface area contributed by atoms with Crippen molar-refractivity contribution in [3.8, 4) is 0 Å². The molecule has 2 saturated heterocycles. The van der Waals surface area contributed by atoms with Crippen molar-refractivity contribution in [3.05, 3.63) is 0 Å². The topological polar surface area (TPSA) is 40.5 Å². The van der Waals surface area contributed by atoms with Crippen molar-refractivity contribution in [1.82, 2.24) is 4.90 Å². The molecule has 1 amide bonds. The summed E-state index contributed by atoms with van der Waals surface area (Å²) < 4.78 is 24.5. The number of fused-ring (bicyclic) bond motifs is 2. The van der Waals surface area contributed by atoms with Gasteiger partial charge < -0.3 is 10.0 Å². The average Bonchev–Trinajstić information content (AvgIpc) is 2.37. The van der Waals surface area contributed by atoms with Crippen LogP contribution in [0.25, 0.3) is 0 Å². The van der Waals surface area contributed by atoms with Crippen LogP contribution < -0.4 is 0 Å². The number of hydrogen-bond acceptors (Lipinski definition) is 2. The number of carbonyl (C=O) groups is 1. The van der Waals surface area contributed by atoms with Gasteiger partial charge in [-0.1, -0.05) is 0 Å². The smallest absolute Gasteiger partial charge is 0.315 e. The predicted octanol–water partition coefficient (Wildman–Crippen LogP) is 0.766. The fourth-order valence-electron chi connectivity index (χ4n) is 2.62. The van der Waals surface area contributed by atoms with E-state index in [9.17, 15) is 18.7 Å². The van der Waals surface area contributed by atoms with Gasteiger partial charge in [-0.2, -0.15) is 8.78 Å². The number of aliphatic hydroxyl groups excluding tert-OH is 1. The molecule has 3 nitrogen and oxygen atoms in total. The van der Waals surface area contributed by atoms with Gasteiger partial charge in [-0.3, -0.25) is 4.79 Å². The van der Waals surface area contributed by atoms with Gasteiger partial charge in [0.05, 0.1) is 6.10 Å². The molecule has 0 radical (unpaired) electrons. The number of halogens is 2. The van der Waals surface area contributed by atoms with Gasteiger partial charge in [0, 0.05) is 12.1 Å².